The SMILES string of the molecule is CCc1cc(S(F)(F)(F)(F)F)cc2c1O[C@H](C(F)(F)F)C(C(=O)NCCOCCO[N+](=O)[O-])=C2. The van der Waals surface area contributed by atoms with Crippen molar-refractivity contribution in [2.24, 2.45) is 0 Å². The molecule has 0 fully saturated rings. The normalized spacial score (nSPS) is 18.0. The molecule has 34 heavy (non-hydrogen) atoms. The zero-order valence-electron chi connectivity index (χ0n) is 17.2. The molecule has 1 aliphatic rings. The fraction of sp³-hybridized carbons (Fsp3) is 0.471. The van der Waals surface area contributed by atoms with Crippen molar-refractivity contribution in [1.29, 1.82) is 0 Å². The number of hydrogen-bond donors (Lipinski definition) is 1. The monoisotopic (exact) mass is 530 g/mol. The van der Waals surface area contributed by atoms with Crippen molar-refractivity contribution in [1.82, 2.24) is 5.32 Å². The second-order valence-corrected chi connectivity index (χ2v) is 9.30. The van der Waals surface area contributed by atoms with Gasteiger partial charge in [-0.05, 0) is 30.2 Å². The Bertz CT molecular complexity index is 997. The third-order valence-corrected chi connectivity index (χ3v) is 5.47. The van der Waals surface area contributed by atoms with Crippen molar-refractivity contribution < 1.29 is 56.8 Å². The molecule has 1 atom stereocenters. The molecule has 1 amide bonds. The number of alkyl halides is 3. The molecule has 1 aliphatic heterocycles. The van der Waals surface area contributed by atoms with Crippen molar-refractivity contribution in [3.8, 4) is 5.75 Å². The molecule has 2 rings (SSSR count). The van der Waals surface area contributed by atoms with Crippen LogP contribution in [0.2, 0.25) is 0 Å². The number of amides is 1. The maximum absolute atomic E-state index is 13.5. The molecular weight excluding hydrogens is 512 g/mol. The van der Waals surface area contributed by atoms with Crippen LogP contribution < -0.4 is 10.1 Å². The van der Waals surface area contributed by atoms with Crippen LogP contribution in [-0.2, 0) is 20.8 Å². The first-order chi connectivity index (χ1) is 15.3. The van der Waals surface area contributed by atoms with Gasteiger partial charge in [0.1, 0.15) is 17.3 Å². The van der Waals surface area contributed by atoms with Gasteiger partial charge in [0, 0.05) is 12.1 Å². The predicted molar refractivity (Wildman–Crippen MR) is 102 cm³/mol. The summed E-state index contributed by atoms with van der Waals surface area (Å²) in [4.78, 5) is 23.9. The van der Waals surface area contributed by atoms with Crippen molar-refractivity contribution in [3.05, 3.63) is 38.9 Å². The van der Waals surface area contributed by atoms with E-state index in [1.807, 2.05) is 5.32 Å². The maximum atomic E-state index is 13.5. The molecule has 0 radical (unpaired) electrons. The quantitative estimate of drug-likeness (QED) is 0.199. The Hall–Kier alpha value is -2.82. The van der Waals surface area contributed by atoms with Gasteiger partial charge in [-0.25, -0.2) is 0 Å². The van der Waals surface area contributed by atoms with Gasteiger partial charge < -0.3 is 19.6 Å². The Morgan fingerprint density at radius 1 is 1.18 bits per heavy atom. The number of carbonyl (C=O) groups excluding carboxylic acids is 1. The lowest BCUT2D eigenvalue weighted by atomic mass is 9.97. The number of nitrogens with zero attached hydrogens (tertiary/aromatic N) is 1. The van der Waals surface area contributed by atoms with E-state index in [4.69, 9.17) is 9.47 Å². The standard InChI is InChI=1S/C17H18F8N2O6S/c1-2-10-7-12(34(21,22,23,24)25)8-11-9-13(15(17(18,19)20)33-14(10)11)16(28)26-3-4-31-5-6-32-27(29)30/h7-9,15H,2-6H2,1H3,(H,26,28)/t15-/m0/s1. The van der Waals surface area contributed by atoms with E-state index < -0.39 is 74.0 Å². The van der Waals surface area contributed by atoms with Gasteiger partial charge in [-0.15, -0.1) is 10.1 Å². The number of halogens is 8. The zero-order valence-corrected chi connectivity index (χ0v) is 18.0. The van der Waals surface area contributed by atoms with Crippen LogP contribution >= 0.6 is 10.2 Å². The van der Waals surface area contributed by atoms with E-state index in [2.05, 4.69) is 4.84 Å². The van der Waals surface area contributed by atoms with Crippen LogP contribution in [0.15, 0.2) is 22.6 Å². The van der Waals surface area contributed by atoms with Crippen LogP contribution in [0, 0.1) is 10.1 Å². The van der Waals surface area contributed by atoms with Crippen molar-refractivity contribution in [2.75, 3.05) is 26.4 Å². The van der Waals surface area contributed by atoms with Gasteiger partial charge in [-0.1, -0.05) is 26.4 Å². The van der Waals surface area contributed by atoms with E-state index in [0.29, 0.717) is 6.08 Å². The van der Waals surface area contributed by atoms with Gasteiger partial charge in [0.05, 0.1) is 18.8 Å². The summed E-state index contributed by atoms with van der Waals surface area (Å²) >= 11 is 0. The summed E-state index contributed by atoms with van der Waals surface area (Å²) in [6, 6.07) is -0.0267. The molecule has 194 valence electrons. The first kappa shape index (κ1) is 27.4. The number of carbonyl (C=O) groups is 1. The molecule has 0 aliphatic carbocycles. The molecule has 1 heterocycles. The third kappa shape index (κ3) is 7.09. The topological polar surface area (TPSA) is 99.9 Å². The Balaban J connectivity index is 2.32. The number of hydrogen-bond acceptors (Lipinski definition) is 6. The molecule has 0 saturated carbocycles. The minimum atomic E-state index is -10.2. The minimum absolute atomic E-state index is 0.0344. The van der Waals surface area contributed by atoms with Crippen molar-refractivity contribution >= 4 is 22.2 Å². The summed E-state index contributed by atoms with van der Waals surface area (Å²) in [5.41, 5.74) is -2.46. The summed E-state index contributed by atoms with van der Waals surface area (Å²) in [5, 5.41) is 10.9. The van der Waals surface area contributed by atoms with Gasteiger partial charge in [0.25, 0.3) is 11.0 Å². The molecule has 0 spiro atoms. The number of fused-ring (bicyclic) bond motifs is 1. The van der Waals surface area contributed by atoms with Crippen molar-refractivity contribution in [3.63, 3.8) is 0 Å². The highest BCUT2D eigenvalue weighted by Crippen LogP contribution is 3.02. The molecule has 0 saturated heterocycles. The lowest BCUT2D eigenvalue weighted by molar-refractivity contribution is -0.758. The fourth-order valence-electron chi connectivity index (χ4n) is 2.88. The Kier molecular flexibility index (Phi) is 7.06. The molecule has 0 aromatic heterocycles. The van der Waals surface area contributed by atoms with E-state index in [9.17, 15) is 47.5 Å². The summed E-state index contributed by atoms with van der Waals surface area (Å²) in [7, 11) is -10.2. The second kappa shape index (κ2) is 8.75. The maximum Gasteiger partial charge on any atom is 0.429 e. The molecular formula is C17H18F8N2O6S. The average molecular weight is 530 g/mol. The number of aryl methyl sites for hydroxylation is 1. The lowest BCUT2D eigenvalue weighted by Crippen LogP contribution is -2.44. The number of benzene rings is 1. The molecule has 8 nitrogen and oxygen atoms in total. The second-order valence-electron chi connectivity index (χ2n) is 6.89. The Labute approximate surface area is 186 Å². The molecule has 17 heteroatoms. The summed E-state index contributed by atoms with van der Waals surface area (Å²) in [5.74, 6) is -2.09. The largest absolute Gasteiger partial charge is 0.475 e. The highest BCUT2D eigenvalue weighted by molar-refractivity contribution is 8.45. The van der Waals surface area contributed by atoms with E-state index >= 15 is 0 Å². The molecule has 1 aromatic rings. The van der Waals surface area contributed by atoms with Gasteiger partial charge in [-0.2, -0.15) is 13.2 Å². The van der Waals surface area contributed by atoms with E-state index in [0.717, 1.165) is 0 Å². The van der Waals surface area contributed by atoms with Gasteiger partial charge in [-0.3, -0.25) is 4.79 Å². The molecule has 0 bridgehead atoms. The Morgan fingerprint density at radius 3 is 2.35 bits per heavy atom. The number of rotatable bonds is 10. The highest BCUT2D eigenvalue weighted by Gasteiger charge is 2.65. The first-order valence-electron chi connectivity index (χ1n) is 9.32. The van der Waals surface area contributed by atoms with Crippen LogP contribution in [0.25, 0.3) is 6.08 Å². The van der Waals surface area contributed by atoms with Gasteiger partial charge in [0.2, 0.25) is 6.10 Å². The summed E-state index contributed by atoms with van der Waals surface area (Å²) in [6.07, 6.45) is -7.97. The Morgan fingerprint density at radius 2 is 1.82 bits per heavy atom. The van der Waals surface area contributed by atoms with Crippen LogP contribution in [0.5, 0.6) is 5.75 Å². The number of nitrogens with one attached hydrogen (secondary N) is 1. The lowest BCUT2D eigenvalue weighted by Gasteiger charge is -2.41. The van der Waals surface area contributed by atoms with Crippen LogP contribution in [0.1, 0.15) is 18.1 Å². The first-order valence-corrected chi connectivity index (χ1v) is 11.3. The molecule has 1 aromatic carbocycles. The fourth-order valence-corrected chi connectivity index (χ4v) is 3.60. The summed E-state index contributed by atoms with van der Waals surface area (Å²) in [6.45, 7) is -0.182. The van der Waals surface area contributed by atoms with Crippen molar-refractivity contribution in [2.45, 2.75) is 30.5 Å². The third-order valence-electron chi connectivity index (χ3n) is 4.34. The molecule has 1 N–H and O–H groups in total. The van der Waals surface area contributed by atoms with E-state index in [-0.39, 0.29) is 31.8 Å². The average Bonchev–Trinajstić information content (AvgIpc) is 2.68. The van der Waals surface area contributed by atoms with Crippen LogP contribution in [-0.4, -0.2) is 49.6 Å². The summed E-state index contributed by atoms with van der Waals surface area (Å²) < 4.78 is 117. The molecule has 0 unspecified atom stereocenters. The van der Waals surface area contributed by atoms with Crippen LogP contribution in [0.4, 0.5) is 32.6 Å². The van der Waals surface area contributed by atoms with E-state index in [1.54, 1.807) is 0 Å². The smallest absolute Gasteiger partial charge is 0.429 e. The zero-order chi connectivity index (χ0) is 26.0. The highest BCUT2D eigenvalue weighted by atomic mass is 32.5. The van der Waals surface area contributed by atoms with Gasteiger partial charge >= 0.3 is 16.4 Å². The van der Waals surface area contributed by atoms with E-state index in [1.165, 1.54) is 6.92 Å². The predicted octanol–water partition coefficient (Wildman–Crippen LogP) is 4.95. The number of ether oxygens (including phenoxy) is 2. The van der Waals surface area contributed by atoms with Crippen LogP contribution in [0.3, 0.4) is 0 Å². The van der Waals surface area contributed by atoms with Gasteiger partial charge in [0.15, 0.2) is 0 Å². The minimum Gasteiger partial charge on any atom is -0.475 e.